The van der Waals surface area contributed by atoms with Gasteiger partial charge in [0.2, 0.25) is 0 Å². The number of aromatic nitrogens is 2. The van der Waals surface area contributed by atoms with Gasteiger partial charge in [0.15, 0.2) is 11.6 Å². The predicted molar refractivity (Wildman–Crippen MR) is 174 cm³/mol. The first-order valence-corrected chi connectivity index (χ1v) is 15.8. The van der Waals surface area contributed by atoms with Crippen LogP contribution in [0.3, 0.4) is 0 Å². The number of rotatable bonds is 22. The third-order valence-corrected chi connectivity index (χ3v) is 7.53. The standard InChI is InChI=1S/C36H51N3O4/c1-5-41-29(2)35-38-26-30(27-39-35)28-43-34-20-16-32(17-21-34)36(3,4)31-14-18-33(19-15-31)42-25-12-9-7-6-8-11-23-40-24-13-10-22-37/h14-21,26-27H,2,5-13,22-25,28,37H2,1,3-4H3. The molecule has 7 nitrogen and oxygen atoms in total. The average molecular weight is 590 g/mol. The van der Waals surface area contributed by atoms with Crippen LogP contribution in [0.5, 0.6) is 11.5 Å². The molecule has 0 bridgehead atoms. The van der Waals surface area contributed by atoms with Gasteiger partial charge < -0.3 is 24.7 Å². The van der Waals surface area contributed by atoms with Gasteiger partial charge in [0.1, 0.15) is 18.1 Å². The highest BCUT2D eigenvalue weighted by molar-refractivity contribution is 5.49. The highest BCUT2D eigenvalue weighted by atomic mass is 16.5. The summed E-state index contributed by atoms with van der Waals surface area (Å²) in [6.45, 7) is 14.4. The summed E-state index contributed by atoms with van der Waals surface area (Å²) in [7, 11) is 0. The molecular formula is C36H51N3O4. The van der Waals surface area contributed by atoms with E-state index in [0.717, 1.165) is 69.1 Å². The van der Waals surface area contributed by atoms with Crippen LogP contribution in [-0.2, 0) is 21.5 Å². The van der Waals surface area contributed by atoms with Gasteiger partial charge >= 0.3 is 0 Å². The van der Waals surface area contributed by atoms with Gasteiger partial charge in [-0.1, -0.05) is 70.4 Å². The molecule has 43 heavy (non-hydrogen) atoms. The molecule has 0 unspecified atom stereocenters. The molecule has 2 aromatic carbocycles. The van der Waals surface area contributed by atoms with Crippen molar-refractivity contribution in [2.24, 2.45) is 5.73 Å². The Labute approximate surface area is 258 Å². The lowest BCUT2D eigenvalue weighted by molar-refractivity contribution is 0.126. The molecule has 0 radical (unpaired) electrons. The van der Waals surface area contributed by atoms with Gasteiger partial charge in [0, 0.05) is 36.6 Å². The molecule has 1 heterocycles. The molecule has 0 spiro atoms. The van der Waals surface area contributed by atoms with Crippen LogP contribution in [0, 0.1) is 0 Å². The summed E-state index contributed by atoms with van der Waals surface area (Å²) in [5.41, 5.74) is 8.68. The lowest BCUT2D eigenvalue weighted by atomic mass is 9.78. The monoisotopic (exact) mass is 589 g/mol. The topological polar surface area (TPSA) is 88.7 Å². The Hall–Kier alpha value is -3.42. The summed E-state index contributed by atoms with van der Waals surface area (Å²) >= 11 is 0. The average Bonchev–Trinajstić information content (AvgIpc) is 3.03. The molecule has 0 saturated heterocycles. The van der Waals surface area contributed by atoms with Crippen LogP contribution in [0.2, 0.25) is 0 Å². The molecule has 3 rings (SSSR count). The van der Waals surface area contributed by atoms with Crippen molar-refractivity contribution in [3.63, 3.8) is 0 Å². The van der Waals surface area contributed by atoms with E-state index in [1.54, 1.807) is 12.4 Å². The van der Waals surface area contributed by atoms with Gasteiger partial charge in [-0.25, -0.2) is 9.97 Å². The smallest absolute Gasteiger partial charge is 0.194 e. The lowest BCUT2D eigenvalue weighted by Crippen LogP contribution is -2.18. The molecule has 0 amide bonds. The normalized spacial score (nSPS) is 11.3. The van der Waals surface area contributed by atoms with Crippen molar-refractivity contribution in [2.75, 3.05) is 33.0 Å². The largest absolute Gasteiger partial charge is 0.494 e. The van der Waals surface area contributed by atoms with Crippen LogP contribution in [0.1, 0.15) is 94.7 Å². The number of hydrogen-bond acceptors (Lipinski definition) is 7. The molecule has 3 aromatic rings. The van der Waals surface area contributed by atoms with Crippen LogP contribution in [-0.4, -0.2) is 42.9 Å². The highest BCUT2D eigenvalue weighted by Crippen LogP contribution is 2.33. The van der Waals surface area contributed by atoms with Crippen molar-refractivity contribution in [1.82, 2.24) is 9.97 Å². The Morgan fingerprint density at radius 2 is 1.23 bits per heavy atom. The van der Waals surface area contributed by atoms with E-state index < -0.39 is 0 Å². The SMILES string of the molecule is C=C(OCC)c1ncc(COc2ccc(C(C)(C)c3ccc(OCCCCCCCCOCCCCN)cc3)cc2)cn1. The van der Waals surface area contributed by atoms with Gasteiger partial charge in [-0.05, 0) is 74.5 Å². The number of nitrogens with zero attached hydrogens (tertiary/aromatic N) is 2. The second kappa shape index (κ2) is 19.0. The fourth-order valence-electron chi connectivity index (χ4n) is 4.73. The first-order chi connectivity index (χ1) is 20.9. The van der Waals surface area contributed by atoms with E-state index in [4.69, 9.17) is 24.7 Å². The van der Waals surface area contributed by atoms with Crippen LogP contribution in [0.4, 0.5) is 0 Å². The second-order valence-electron chi connectivity index (χ2n) is 11.3. The number of ether oxygens (including phenoxy) is 4. The molecule has 2 N–H and O–H groups in total. The zero-order valence-electron chi connectivity index (χ0n) is 26.5. The third kappa shape index (κ3) is 12.0. The summed E-state index contributed by atoms with van der Waals surface area (Å²) in [6.07, 6.45) is 12.8. The Bertz CT molecular complexity index is 1180. The van der Waals surface area contributed by atoms with Crippen molar-refractivity contribution >= 4 is 5.76 Å². The number of nitrogens with two attached hydrogens (primary N) is 1. The molecule has 0 aliphatic heterocycles. The van der Waals surface area contributed by atoms with E-state index in [0.29, 0.717) is 24.8 Å². The van der Waals surface area contributed by atoms with Crippen LogP contribution >= 0.6 is 0 Å². The molecule has 0 saturated carbocycles. The summed E-state index contributed by atoms with van der Waals surface area (Å²) in [5.74, 6) is 2.69. The number of unbranched alkanes of at least 4 members (excludes halogenated alkanes) is 6. The van der Waals surface area contributed by atoms with Crippen molar-refractivity contribution in [1.29, 1.82) is 0 Å². The zero-order valence-corrected chi connectivity index (χ0v) is 26.5. The van der Waals surface area contributed by atoms with Gasteiger partial charge in [0.25, 0.3) is 0 Å². The molecule has 0 fully saturated rings. The highest BCUT2D eigenvalue weighted by Gasteiger charge is 2.23. The molecule has 0 atom stereocenters. The van der Waals surface area contributed by atoms with Crippen molar-refractivity contribution in [3.05, 3.63) is 90.0 Å². The van der Waals surface area contributed by atoms with Crippen molar-refractivity contribution < 1.29 is 18.9 Å². The second-order valence-corrected chi connectivity index (χ2v) is 11.3. The van der Waals surface area contributed by atoms with E-state index in [-0.39, 0.29) is 5.41 Å². The number of hydrogen-bond donors (Lipinski definition) is 1. The number of benzene rings is 2. The third-order valence-electron chi connectivity index (χ3n) is 7.53. The first-order valence-electron chi connectivity index (χ1n) is 15.8. The van der Waals surface area contributed by atoms with E-state index >= 15 is 0 Å². The van der Waals surface area contributed by atoms with Gasteiger partial charge in [-0.2, -0.15) is 0 Å². The lowest BCUT2D eigenvalue weighted by Gasteiger charge is -2.26. The molecule has 0 aliphatic rings. The summed E-state index contributed by atoms with van der Waals surface area (Å²) in [5, 5.41) is 0. The fourth-order valence-corrected chi connectivity index (χ4v) is 4.73. The molecule has 7 heteroatoms. The summed E-state index contributed by atoms with van der Waals surface area (Å²) in [6, 6.07) is 16.8. The maximum atomic E-state index is 6.01. The Kier molecular flexibility index (Phi) is 15.0. The minimum absolute atomic E-state index is 0.154. The van der Waals surface area contributed by atoms with Crippen LogP contribution in [0.25, 0.3) is 5.76 Å². The van der Waals surface area contributed by atoms with E-state index in [1.165, 1.54) is 36.8 Å². The first kappa shape index (κ1) is 34.1. The van der Waals surface area contributed by atoms with Gasteiger partial charge in [-0.15, -0.1) is 0 Å². The minimum atomic E-state index is -0.154. The van der Waals surface area contributed by atoms with Crippen molar-refractivity contribution in [2.45, 2.75) is 84.2 Å². The van der Waals surface area contributed by atoms with E-state index in [2.05, 4.69) is 66.8 Å². The van der Waals surface area contributed by atoms with E-state index in [1.807, 2.05) is 19.1 Å². The van der Waals surface area contributed by atoms with E-state index in [9.17, 15) is 0 Å². The quantitative estimate of drug-likeness (QED) is 0.0942. The summed E-state index contributed by atoms with van der Waals surface area (Å²) in [4.78, 5) is 8.63. The molecular weight excluding hydrogens is 538 g/mol. The maximum absolute atomic E-state index is 6.01. The van der Waals surface area contributed by atoms with Crippen LogP contribution < -0.4 is 15.2 Å². The Morgan fingerprint density at radius 1 is 0.721 bits per heavy atom. The zero-order chi connectivity index (χ0) is 30.8. The van der Waals surface area contributed by atoms with Crippen LogP contribution in [0.15, 0.2) is 67.5 Å². The predicted octanol–water partition coefficient (Wildman–Crippen LogP) is 7.86. The molecule has 234 valence electrons. The summed E-state index contributed by atoms with van der Waals surface area (Å²) < 4.78 is 23.0. The van der Waals surface area contributed by atoms with Crippen molar-refractivity contribution in [3.8, 4) is 11.5 Å². The molecule has 1 aromatic heterocycles. The van der Waals surface area contributed by atoms with Gasteiger partial charge in [-0.3, -0.25) is 0 Å². The Morgan fingerprint density at radius 3 is 1.79 bits per heavy atom. The maximum Gasteiger partial charge on any atom is 0.194 e. The fraction of sp³-hybridized carbons (Fsp3) is 0.500. The Balaban J connectivity index is 1.35. The molecule has 0 aliphatic carbocycles. The van der Waals surface area contributed by atoms with Gasteiger partial charge in [0.05, 0.1) is 13.2 Å². The minimum Gasteiger partial charge on any atom is -0.494 e.